The van der Waals surface area contributed by atoms with Crippen LogP contribution in [0.5, 0.6) is 11.5 Å². The van der Waals surface area contributed by atoms with E-state index >= 15 is 0 Å². The normalized spacial score (nSPS) is 12.5. The van der Waals surface area contributed by atoms with Gasteiger partial charge in [0.1, 0.15) is 13.2 Å². The van der Waals surface area contributed by atoms with Gasteiger partial charge in [0, 0.05) is 30.8 Å². The van der Waals surface area contributed by atoms with Crippen LogP contribution in [0.1, 0.15) is 32.6 Å². The Balaban J connectivity index is 1.46. The van der Waals surface area contributed by atoms with E-state index in [4.69, 9.17) is 9.47 Å². The van der Waals surface area contributed by atoms with Gasteiger partial charge in [-0.15, -0.1) is 11.3 Å². The number of amides is 2. The van der Waals surface area contributed by atoms with Gasteiger partial charge in [-0.05, 0) is 31.0 Å². The molecule has 2 heterocycles. The average molecular weight is 389 g/mol. The number of carbonyl (C=O) groups excluding carboxylic acids is 2. The molecular weight excluding hydrogens is 366 g/mol. The molecule has 27 heavy (non-hydrogen) atoms. The molecule has 1 aliphatic rings. The second-order valence-corrected chi connectivity index (χ2v) is 7.10. The number of nitrogens with zero attached hydrogens (tertiary/aromatic N) is 1. The van der Waals surface area contributed by atoms with Gasteiger partial charge in [0.2, 0.25) is 11.8 Å². The number of anilines is 1. The van der Waals surface area contributed by atoms with Crippen LogP contribution >= 0.6 is 11.3 Å². The first-order valence-corrected chi connectivity index (χ1v) is 9.89. The molecule has 0 fully saturated rings. The third-order valence-electron chi connectivity index (χ3n) is 4.04. The maximum absolute atomic E-state index is 12.0. The topological polar surface area (TPSA) is 89.6 Å². The van der Waals surface area contributed by atoms with Crippen LogP contribution in [0.15, 0.2) is 23.6 Å². The van der Waals surface area contributed by atoms with Crippen molar-refractivity contribution in [3.63, 3.8) is 0 Å². The Morgan fingerprint density at radius 3 is 2.78 bits per heavy atom. The van der Waals surface area contributed by atoms with Crippen LogP contribution in [0, 0.1) is 0 Å². The molecule has 1 aromatic carbocycles. The second-order valence-electron chi connectivity index (χ2n) is 6.24. The molecule has 2 aromatic rings. The van der Waals surface area contributed by atoms with Gasteiger partial charge in [-0.3, -0.25) is 9.59 Å². The fourth-order valence-corrected chi connectivity index (χ4v) is 3.44. The number of unbranched alkanes of at least 4 members (excludes halogenated alkanes) is 2. The highest BCUT2D eigenvalue weighted by molar-refractivity contribution is 7.14. The lowest BCUT2D eigenvalue weighted by molar-refractivity contribution is -0.119. The SMILES string of the molecule is CC(=O)NCCCCCC(=O)Nc1nc(-c2ccc3c(c2)OCCO3)cs1. The Morgan fingerprint density at radius 1 is 1.15 bits per heavy atom. The number of fused-ring (bicyclic) bond motifs is 1. The number of rotatable bonds is 8. The van der Waals surface area contributed by atoms with Crippen molar-refractivity contribution < 1.29 is 19.1 Å². The maximum Gasteiger partial charge on any atom is 0.226 e. The fraction of sp³-hybridized carbons (Fsp3) is 0.421. The molecule has 0 atom stereocenters. The number of aromatic nitrogens is 1. The highest BCUT2D eigenvalue weighted by Gasteiger charge is 2.14. The molecular formula is C19H23N3O4S. The molecule has 0 aliphatic carbocycles. The van der Waals surface area contributed by atoms with E-state index < -0.39 is 0 Å². The third kappa shape index (κ3) is 5.68. The largest absolute Gasteiger partial charge is 0.486 e. The van der Waals surface area contributed by atoms with Gasteiger partial charge in [-0.2, -0.15) is 0 Å². The van der Waals surface area contributed by atoms with E-state index in [1.165, 1.54) is 18.3 Å². The van der Waals surface area contributed by atoms with Crippen LogP contribution in [0.3, 0.4) is 0 Å². The first-order valence-electron chi connectivity index (χ1n) is 9.01. The molecule has 0 bridgehead atoms. The molecule has 0 unspecified atom stereocenters. The van der Waals surface area contributed by atoms with Crippen LogP contribution < -0.4 is 20.1 Å². The Bertz CT molecular complexity index is 806. The zero-order chi connectivity index (χ0) is 19.1. The summed E-state index contributed by atoms with van der Waals surface area (Å²) in [5.41, 5.74) is 1.72. The monoisotopic (exact) mass is 389 g/mol. The van der Waals surface area contributed by atoms with Crippen molar-refractivity contribution in [2.75, 3.05) is 25.1 Å². The molecule has 0 saturated heterocycles. The van der Waals surface area contributed by atoms with E-state index in [0.717, 1.165) is 42.0 Å². The number of thiazole rings is 1. The molecule has 1 aliphatic heterocycles. The van der Waals surface area contributed by atoms with E-state index in [0.29, 0.717) is 31.3 Å². The summed E-state index contributed by atoms with van der Waals surface area (Å²) < 4.78 is 11.1. The van der Waals surface area contributed by atoms with Gasteiger partial charge >= 0.3 is 0 Å². The summed E-state index contributed by atoms with van der Waals surface area (Å²) in [6, 6.07) is 5.72. The molecule has 1 aromatic heterocycles. The molecule has 3 rings (SSSR count). The van der Waals surface area contributed by atoms with Gasteiger partial charge < -0.3 is 20.1 Å². The molecule has 0 spiro atoms. The van der Waals surface area contributed by atoms with Gasteiger partial charge in [-0.1, -0.05) is 6.42 Å². The predicted molar refractivity (Wildman–Crippen MR) is 104 cm³/mol. The van der Waals surface area contributed by atoms with Gasteiger partial charge in [0.05, 0.1) is 5.69 Å². The van der Waals surface area contributed by atoms with Crippen molar-refractivity contribution >= 4 is 28.3 Å². The van der Waals surface area contributed by atoms with Crippen molar-refractivity contribution in [3.05, 3.63) is 23.6 Å². The van der Waals surface area contributed by atoms with E-state index in [2.05, 4.69) is 15.6 Å². The average Bonchev–Trinajstić information content (AvgIpc) is 3.12. The first-order chi connectivity index (χ1) is 13.1. The molecule has 7 nitrogen and oxygen atoms in total. The van der Waals surface area contributed by atoms with Crippen LogP contribution in [0.25, 0.3) is 11.3 Å². The van der Waals surface area contributed by atoms with Crippen LogP contribution in [-0.4, -0.2) is 36.6 Å². The standard InChI is InChI=1S/C19H23N3O4S/c1-13(23)20-8-4-2-3-5-18(24)22-19-21-15(12-27-19)14-6-7-16-17(11-14)26-10-9-25-16/h6-7,11-12H,2-5,8-10H2,1H3,(H,20,23)(H,21,22,24). The Morgan fingerprint density at radius 2 is 1.96 bits per heavy atom. The molecule has 2 amide bonds. The summed E-state index contributed by atoms with van der Waals surface area (Å²) >= 11 is 1.40. The van der Waals surface area contributed by atoms with E-state index in [-0.39, 0.29) is 11.8 Å². The van der Waals surface area contributed by atoms with Crippen molar-refractivity contribution in [2.24, 2.45) is 0 Å². The number of nitrogens with one attached hydrogen (secondary N) is 2. The summed E-state index contributed by atoms with van der Waals surface area (Å²) in [4.78, 5) is 27.3. The quantitative estimate of drug-likeness (QED) is 0.677. The first kappa shape index (κ1) is 19.2. The fourth-order valence-electron chi connectivity index (χ4n) is 2.70. The summed E-state index contributed by atoms with van der Waals surface area (Å²) in [7, 11) is 0. The molecule has 8 heteroatoms. The number of hydrogen-bond acceptors (Lipinski definition) is 6. The maximum atomic E-state index is 12.0. The number of carbonyl (C=O) groups is 2. The van der Waals surface area contributed by atoms with E-state index in [1.54, 1.807) is 0 Å². The number of hydrogen-bond donors (Lipinski definition) is 2. The smallest absolute Gasteiger partial charge is 0.226 e. The Labute approximate surface area is 162 Å². The minimum atomic E-state index is -0.0439. The summed E-state index contributed by atoms with van der Waals surface area (Å²) in [5.74, 6) is 1.40. The van der Waals surface area contributed by atoms with E-state index in [1.807, 2.05) is 23.6 Å². The van der Waals surface area contributed by atoms with Crippen LogP contribution in [0.2, 0.25) is 0 Å². The van der Waals surface area contributed by atoms with Gasteiger partial charge in [-0.25, -0.2) is 4.98 Å². The molecule has 0 radical (unpaired) electrons. The summed E-state index contributed by atoms with van der Waals surface area (Å²) in [6.07, 6.45) is 3.00. The number of ether oxygens (including phenoxy) is 2. The lowest BCUT2D eigenvalue weighted by Crippen LogP contribution is -2.20. The van der Waals surface area contributed by atoms with Gasteiger partial charge in [0.15, 0.2) is 16.6 Å². The van der Waals surface area contributed by atoms with Crippen LogP contribution in [-0.2, 0) is 9.59 Å². The third-order valence-corrected chi connectivity index (χ3v) is 4.80. The second kappa shape index (κ2) is 9.36. The minimum Gasteiger partial charge on any atom is -0.486 e. The van der Waals surface area contributed by atoms with Crippen molar-refractivity contribution in [1.82, 2.24) is 10.3 Å². The highest BCUT2D eigenvalue weighted by Crippen LogP contribution is 2.35. The predicted octanol–water partition coefficient (Wildman–Crippen LogP) is 3.22. The summed E-state index contributed by atoms with van der Waals surface area (Å²) in [6.45, 7) is 3.26. The minimum absolute atomic E-state index is 0.0228. The highest BCUT2D eigenvalue weighted by atomic mass is 32.1. The lowest BCUT2D eigenvalue weighted by atomic mass is 10.1. The van der Waals surface area contributed by atoms with Crippen molar-refractivity contribution in [2.45, 2.75) is 32.6 Å². The zero-order valence-corrected chi connectivity index (χ0v) is 16.1. The molecule has 144 valence electrons. The Kier molecular flexibility index (Phi) is 6.64. The van der Waals surface area contributed by atoms with Crippen molar-refractivity contribution in [3.8, 4) is 22.8 Å². The Hall–Kier alpha value is -2.61. The van der Waals surface area contributed by atoms with Crippen LogP contribution in [0.4, 0.5) is 5.13 Å². The summed E-state index contributed by atoms with van der Waals surface area (Å²) in [5, 5.41) is 8.09. The van der Waals surface area contributed by atoms with Crippen molar-refractivity contribution in [1.29, 1.82) is 0 Å². The number of benzene rings is 1. The zero-order valence-electron chi connectivity index (χ0n) is 15.2. The van der Waals surface area contributed by atoms with E-state index in [9.17, 15) is 9.59 Å². The molecule has 2 N–H and O–H groups in total. The van der Waals surface area contributed by atoms with Gasteiger partial charge in [0.25, 0.3) is 0 Å². The molecule has 0 saturated carbocycles. The lowest BCUT2D eigenvalue weighted by Gasteiger charge is -2.18.